The smallest absolute Gasteiger partial charge is 0.303 e. The highest BCUT2D eigenvalue weighted by Gasteiger charge is 2.42. The van der Waals surface area contributed by atoms with Crippen molar-refractivity contribution >= 4 is 11.9 Å². The molecule has 1 aliphatic heterocycles. The second-order valence-corrected chi connectivity index (χ2v) is 5.65. The van der Waals surface area contributed by atoms with Gasteiger partial charge in [0.15, 0.2) is 0 Å². The number of carboxylic acid groups (broad SMARTS) is 1. The summed E-state index contributed by atoms with van der Waals surface area (Å²) in [5, 5.41) is 12.0. The van der Waals surface area contributed by atoms with Crippen LogP contribution in [0.25, 0.3) is 0 Å². The Morgan fingerprint density at radius 1 is 1.42 bits per heavy atom. The Hall–Kier alpha value is -1.10. The number of hydrogen-bond acceptors (Lipinski definition) is 3. The van der Waals surface area contributed by atoms with Gasteiger partial charge in [0.25, 0.3) is 0 Å². The van der Waals surface area contributed by atoms with E-state index in [-0.39, 0.29) is 23.8 Å². The van der Waals surface area contributed by atoms with E-state index in [0.29, 0.717) is 13.0 Å². The van der Waals surface area contributed by atoms with Crippen LogP contribution in [-0.2, 0) is 9.59 Å². The van der Waals surface area contributed by atoms with Gasteiger partial charge < -0.3 is 15.3 Å². The molecule has 0 aliphatic carbocycles. The summed E-state index contributed by atoms with van der Waals surface area (Å²) in [4.78, 5) is 25.2. The first-order valence-corrected chi connectivity index (χ1v) is 7.16. The average molecular weight is 270 g/mol. The van der Waals surface area contributed by atoms with E-state index in [1.807, 2.05) is 18.7 Å². The Bertz CT molecular complexity index is 323. The van der Waals surface area contributed by atoms with Gasteiger partial charge in [-0.2, -0.15) is 0 Å². The van der Waals surface area contributed by atoms with Gasteiger partial charge in [-0.3, -0.25) is 9.59 Å². The van der Waals surface area contributed by atoms with Crippen molar-refractivity contribution in [2.45, 2.75) is 52.5 Å². The fraction of sp³-hybridized carbons (Fsp3) is 0.857. The molecule has 1 saturated heterocycles. The van der Waals surface area contributed by atoms with Gasteiger partial charge in [0.05, 0.1) is 5.41 Å². The summed E-state index contributed by atoms with van der Waals surface area (Å²) in [5.41, 5.74) is -0.284. The molecule has 0 aromatic carbocycles. The Labute approximate surface area is 115 Å². The maximum atomic E-state index is 12.8. The lowest BCUT2D eigenvalue weighted by Gasteiger charge is -2.35. The molecule has 1 atom stereocenters. The van der Waals surface area contributed by atoms with Crippen molar-refractivity contribution in [2.75, 3.05) is 19.6 Å². The highest BCUT2D eigenvalue weighted by molar-refractivity contribution is 5.83. The molecule has 110 valence electrons. The highest BCUT2D eigenvalue weighted by Crippen LogP contribution is 2.32. The van der Waals surface area contributed by atoms with Crippen molar-refractivity contribution in [3.8, 4) is 0 Å². The predicted molar refractivity (Wildman–Crippen MR) is 73.9 cm³/mol. The molecule has 0 saturated carbocycles. The Morgan fingerprint density at radius 3 is 2.53 bits per heavy atom. The molecule has 1 heterocycles. The fourth-order valence-electron chi connectivity index (χ4n) is 2.68. The Kier molecular flexibility index (Phi) is 5.79. The van der Waals surface area contributed by atoms with Crippen LogP contribution in [0.5, 0.6) is 0 Å². The van der Waals surface area contributed by atoms with E-state index in [4.69, 9.17) is 5.11 Å². The van der Waals surface area contributed by atoms with Crippen LogP contribution in [0.1, 0.15) is 46.5 Å². The molecule has 1 aliphatic rings. The van der Waals surface area contributed by atoms with Crippen LogP contribution in [-0.4, -0.2) is 47.6 Å². The van der Waals surface area contributed by atoms with Gasteiger partial charge in [-0.1, -0.05) is 6.92 Å². The van der Waals surface area contributed by atoms with E-state index in [9.17, 15) is 9.59 Å². The monoisotopic (exact) mass is 270 g/mol. The van der Waals surface area contributed by atoms with Crippen LogP contribution in [0.3, 0.4) is 0 Å². The SMILES string of the molecule is CCC1(C(=O)N(CCCC(=O)O)C(C)C)CCNC1. The number of nitrogens with zero attached hydrogens (tertiary/aromatic N) is 1. The molecule has 0 bridgehead atoms. The minimum Gasteiger partial charge on any atom is -0.481 e. The summed E-state index contributed by atoms with van der Waals surface area (Å²) in [7, 11) is 0. The largest absolute Gasteiger partial charge is 0.481 e. The number of carbonyl (C=O) groups is 2. The zero-order chi connectivity index (χ0) is 14.5. The van der Waals surface area contributed by atoms with E-state index in [0.717, 1.165) is 25.9 Å². The standard InChI is InChI=1S/C14H26N2O3/c1-4-14(7-8-15-10-14)13(19)16(11(2)3)9-5-6-12(17)18/h11,15H,4-10H2,1-3H3,(H,17,18). The molecule has 0 aromatic rings. The predicted octanol–water partition coefficient (Wildman–Crippen LogP) is 1.48. The topological polar surface area (TPSA) is 69.6 Å². The zero-order valence-electron chi connectivity index (χ0n) is 12.2. The third-order valence-electron chi connectivity index (χ3n) is 4.05. The summed E-state index contributed by atoms with van der Waals surface area (Å²) >= 11 is 0. The van der Waals surface area contributed by atoms with Gasteiger partial charge in [-0.15, -0.1) is 0 Å². The minimum absolute atomic E-state index is 0.116. The average Bonchev–Trinajstić information content (AvgIpc) is 2.83. The van der Waals surface area contributed by atoms with Crippen LogP contribution in [0.15, 0.2) is 0 Å². The molecule has 0 aromatic heterocycles. The quantitative estimate of drug-likeness (QED) is 0.735. The van der Waals surface area contributed by atoms with Crippen molar-refractivity contribution in [3.63, 3.8) is 0 Å². The number of hydrogen-bond donors (Lipinski definition) is 2. The van der Waals surface area contributed by atoms with Crippen LogP contribution in [0, 0.1) is 5.41 Å². The number of aliphatic carboxylic acids is 1. The van der Waals surface area contributed by atoms with Crippen molar-refractivity contribution in [3.05, 3.63) is 0 Å². The summed E-state index contributed by atoms with van der Waals surface area (Å²) in [6, 6.07) is 0.116. The molecule has 0 spiro atoms. The van der Waals surface area contributed by atoms with Crippen molar-refractivity contribution in [1.29, 1.82) is 0 Å². The third-order valence-corrected chi connectivity index (χ3v) is 4.05. The molecular weight excluding hydrogens is 244 g/mol. The molecule has 5 heteroatoms. The first kappa shape index (κ1) is 16.0. The van der Waals surface area contributed by atoms with Crippen LogP contribution < -0.4 is 5.32 Å². The van der Waals surface area contributed by atoms with E-state index in [1.165, 1.54) is 0 Å². The van der Waals surface area contributed by atoms with Crippen molar-refractivity contribution in [2.24, 2.45) is 5.41 Å². The molecule has 5 nitrogen and oxygen atoms in total. The number of carboxylic acids is 1. The van der Waals surface area contributed by atoms with Crippen LogP contribution in [0.4, 0.5) is 0 Å². The van der Waals surface area contributed by atoms with Gasteiger partial charge in [-0.25, -0.2) is 0 Å². The van der Waals surface area contributed by atoms with E-state index < -0.39 is 5.97 Å². The number of amides is 1. The van der Waals surface area contributed by atoms with Crippen LogP contribution >= 0.6 is 0 Å². The van der Waals surface area contributed by atoms with E-state index in [2.05, 4.69) is 12.2 Å². The second-order valence-electron chi connectivity index (χ2n) is 5.65. The lowest BCUT2D eigenvalue weighted by molar-refractivity contribution is -0.144. The third kappa shape index (κ3) is 3.93. The molecule has 0 radical (unpaired) electrons. The van der Waals surface area contributed by atoms with Crippen molar-refractivity contribution in [1.82, 2.24) is 10.2 Å². The molecule has 1 amide bonds. The van der Waals surface area contributed by atoms with Gasteiger partial charge in [-0.05, 0) is 39.7 Å². The Balaban J connectivity index is 2.69. The molecule has 1 rings (SSSR count). The number of nitrogens with one attached hydrogen (secondary N) is 1. The summed E-state index contributed by atoms with van der Waals surface area (Å²) in [6.45, 7) is 8.20. The van der Waals surface area contributed by atoms with Crippen molar-refractivity contribution < 1.29 is 14.7 Å². The lowest BCUT2D eigenvalue weighted by atomic mass is 9.82. The van der Waals surface area contributed by atoms with Crippen LogP contribution in [0.2, 0.25) is 0 Å². The van der Waals surface area contributed by atoms with Gasteiger partial charge in [0, 0.05) is 25.6 Å². The maximum absolute atomic E-state index is 12.8. The normalized spacial score (nSPS) is 22.7. The zero-order valence-corrected chi connectivity index (χ0v) is 12.2. The fourth-order valence-corrected chi connectivity index (χ4v) is 2.68. The number of rotatable bonds is 7. The molecule has 2 N–H and O–H groups in total. The summed E-state index contributed by atoms with van der Waals surface area (Å²) < 4.78 is 0. The van der Waals surface area contributed by atoms with Gasteiger partial charge in [0.2, 0.25) is 5.91 Å². The second kappa shape index (κ2) is 6.89. The minimum atomic E-state index is -0.802. The van der Waals surface area contributed by atoms with E-state index >= 15 is 0 Å². The molecule has 1 unspecified atom stereocenters. The maximum Gasteiger partial charge on any atom is 0.303 e. The summed E-state index contributed by atoms with van der Waals surface area (Å²) in [6.07, 6.45) is 2.35. The molecule has 19 heavy (non-hydrogen) atoms. The highest BCUT2D eigenvalue weighted by atomic mass is 16.4. The molecule has 1 fully saturated rings. The number of carbonyl (C=O) groups excluding carboxylic acids is 1. The Morgan fingerprint density at radius 2 is 2.11 bits per heavy atom. The first-order chi connectivity index (χ1) is 8.93. The van der Waals surface area contributed by atoms with Gasteiger partial charge in [0.1, 0.15) is 0 Å². The first-order valence-electron chi connectivity index (χ1n) is 7.16. The lowest BCUT2D eigenvalue weighted by Crippen LogP contribution is -2.48. The van der Waals surface area contributed by atoms with Gasteiger partial charge >= 0.3 is 5.97 Å². The van der Waals surface area contributed by atoms with E-state index in [1.54, 1.807) is 0 Å². The molecular formula is C14H26N2O3. The summed E-state index contributed by atoms with van der Waals surface area (Å²) in [5.74, 6) is -0.621.